The van der Waals surface area contributed by atoms with E-state index in [1.807, 2.05) is 31.2 Å². The van der Waals surface area contributed by atoms with Crippen LogP contribution in [0, 0.1) is 3.57 Å². The second-order valence-corrected chi connectivity index (χ2v) is 5.21. The maximum Gasteiger partial charge on any atom is 0.258 e. The summed E-state index contributed by atoms with van der Waals surface area (Å²) in [4.78, 5) is 11.6. The van der Waals surface area contributed by atoms with E-state index >= 15 is 0 Å². The number of halogens is 1. The molecule has 0 aliphatic carbocycles. The van der Waals surface area contributed by atoms with Gasteiger partial charge in [0.25, 0.3) is 5.91 Å². The van der Waals surface area contributed by atoms with Crippen LogP contribution >= 0.6 is 22.6 Å². The molecular formula is C13H14IN3O3. The number of benzene rings is 1. The van der Waals surface area contributed by atoms with Crippen molar-refractivity contribution in [1.29, 1.82) is 0 Å². The van der Waals surface area contributed by atoms with E-state index in [-0.39, 0.29) is 19.1 Å². The Morgan fingerprint density at radius 1 is 1.30 bits per heavy atom. The highest BCUT2D eigenvalue weighted by atomic mass is 127. The van der Waals surface area contributed by atoms with Gasteiger partial charge in [-0.3, -0.25) is 4.79 Å². The molecule has 0 saturated heterocycles. The lowest BCUT2D eigenvalue weighted by Gasteiger charge is -2.06. The van der Waals surface area contributed by atoms with Gasteiger partial charge in [-0.05, 0) is 46.9 Å². The van der Waals surface area contributed by atoms with Crippen molar-refractivity contribution in [2.75, 3.05) is 6.61 Å². The highest BCUT2D eigenvalue weighted by Gasteiger charge is 2.07. The number of rotatable bonds is 6. The molecule has 0 radical (unpaired) electrons. The summed E-state index contributed by atoms with van der Waals surface area (Å²) in [5.74, 6) is 1.38. The summed E-state index contributed by atoms with van der Waals surface area (Å²) in [5, 5.41) is 10.3. The Morgan fingerprint density at radius 2 is 2.00 bits per heavy atom. The number of hydrogen-bond acceptors (Lipinski definition) is 5. The Kier molecular flexibility index (Phi) is 5.33. The predicted octanol–water partition coefficient (Wildman–Crippen LogP) is 1.93. The van der Waals surface area contributed by atoms with Gasteiger partial charge < -0.3 is 14.5 Å². The second-order valence-electron chi connectivity index (χ2n) is 3.96. The molecule has 1 aromatic carbocycles. The van der Waals surface area contributed by atoms with Crippen LogP contribution in [0.1, 0.15) is 18.7 Å². The number of hydrogen-bond donors (Lipinski definition) is 1. The van der Waals surface area contributed by atoms with Crippen molar-refractivity contribution in [3.8, 4) is 5.75 Å². The lowest BCUT2D eigenvalue weighted by molar-refractivity contribution is -0.123. The fourth-order valence-electron chi connectivity index (χ4n) is 1.41. The number of carbonyl (C=O) groups excluding carboxylic acids is 1. The van der Waals surface area contributed by atoms with Crippen LogP contribution in [0.2, 0.25) is 0 Å². The third kappa shape index (κ3) is 4.48. The van der Waals surface area contributed by atoms with Crippen molar-refractivity contribution < 1.29 is 13.9 Å². The van der Waals surface area contributed by atoms with E-state index < -0.39 is 0 Å². The van der Waals surface area contributed by atoms with Crippen molar-refractivity contribution in [2.24, 2.45) is 0 Å². The van der Waals surface area contributed by atoms with Crippen LogP contribution < -0.4 is 10.1 Å². The summed E-state index contributed by atoms with van der Waals surface area (Å²) in [6.45, 7) is 2.09. The molecule has 0 fully saturated rings. The third-order valence-electron chi connectivity index (χ3n) is 2.43. The van der Waals surface area contributed by atoms with Crippen LogP contribution in [0.15, 0.2) is 28.7 Å². The Morgan fingerprint density at radius 3 is 2.65 bits per heavy atom. The van der Waals surface area contributed by atoms with Crippen molar-refractivity contribution in [3.63, 3.8) is 0 Å². The normalized spacial score (nSPS) is 10.3. The van der Waals surface area contributed by atoms with Crippen molar-refractivity contribution in [3.05, 3.63) is 39.6 Å². The molecule has 7 heteroatoms. The minimum Gasteiger partial charge on any atom is -0.484 e. The lowest BCUT2D eigenvalue weighted by atomic mass is 10.3. The largest absolute Gasteiger partial charge is 0.484 e. The highest BCUT2D eigenvalue weighted by Crippen LogP contribution is 2.13. The van der Waals surface area contributed by atoms with Gasteiger partial charge in [-0.2, -0.15) is 0 Å². The van der Waals surface area contributed by atoms with E-state index in [4.69, 9.17) is 9.15 Å². The zero-order valence-corrected chi connectivity index (χ0v) is 13.1. The smallest absolute Gasteiger partial charge is 0.258 e. The van der Waals surface area contributed by atoms with E-state index in [2.05, 4.69) is 38.1 Å². The fraction of sp³-hybridized carbons (Fsp3) is 0.308. The number of amides is 1. The molecule has 1 N–H and O–H groups in total. The number of aromatic nitrogens is 2. The van der Waals surface area contributed by atoms with Crippen LogP contribution in [0.5, 0.6) is 5.75 Å². The first-order valence-electron chi connectivity index (χ1n) is 6.13. The van der Waals surface area contributed by atoms with E-state index in [1.165, 1.54) is 0 Å². The summed E-state index contributed by atoms with van der Waals surface area (Å²) >= 11 is 2.21. The Balaban J connectivity index is 1.74. The molecule has 0 unspecified atom stereocenters. The lowest BCUT2D eigenvalue weighted by Crippen LogP contribution is -2.28. The molecule has 1 amide bonds. The molecule has 0 saturated carbocycles. The fourth-order valence-corrected chi connectivity index (χ4v) is 1.77. The molecule has 20 heavy (non-hydrogen) atoms. The summed E-state index contributed by atoms with van der Waals surface area (Å²) < 4.78 is 11.7. The minimum absolute atomic E-state index is 0.0463. The third-order valence-corrected chi connectivity index (χ3v) is 3.15. The molecule has 1 heterocycles. The minimum atomic E-state index is -0.236. The number of carbonyl (C=O) groups is 1. The van der Waals surface area contributed by atoms with Gasteiger partial charge in [0.15, 0.2) is 6.61 Å². The Bertz CT molecular complexity index is 568. The molecule has 6 nitrogen and oxygen atoms in total. The van der Waals surface area contributed by atoms with Crippen molar-refractivity contribution in [2.45, 2.75) is 19.9 Å². The standard InChI is InChI=1S/C13H14IN3O3/c1-2-12-16-17-13(20-12)7-15-11(18)8-19-10-5-3-9(14)4-6-10/h3-6H,2,7-8H2,1H3,(H,15,18). The van der Waals surface area contributed by atoms with Crippen LogP contribution in [0.4, 0.5) is 0 Å². The SMILES string of the molecule is CCc1nnc(CNC(=O)COc2ccc(I)cc2)o1. The van der Waals surface area contributed by atoms with Gasteiger partial charge in [0.2, 0.25) is 11.8 Å². The number of nitrogens with one attached hydrogen (secondary N) is 1. The van der Waals surface area contributed by atoms with Gasteiger partial charge in [-0.1, -0.05) is 6.92 Å². The van der Waals surface area contributed by atoms with Gasteiger partial charge in [-0.15, -0.1) is 10.2 Å². The molecule has 106 valence electrons. The van der Waals surface area contributed by atoms with Gasteiger partial charge in [0.05, 0.1) is 6.54 Å². The summed E-state index contributed by atoms with van der Waals surface area (Å²) in [6, 6.07) is 7.47. The van der Waals surface area contributed by atoms with Crippen molar-refractivity contribution >= 4 is 28.5 Å². The zero-order valence-electron chi connectivity index (χ0n) is 10.9. The molecule has 0 aliphatic heterocycles. The van der Waals surface area contributed by atoms with E-state index in [1.54, 1.807) is 0 Å². The predicted molar refractivity (Wildman–Crippen MR) is 80.2 cm³/mol. The maximum atomic E-state index is 11.6. The summed E-state index contributed by atoms with van der Waals surface area (Å²) in [5.41, 5.74) is 0. The molecule has 0 bridgehead atoms. The maximum absolute atomic E-state index is 11.6. The Hall–Kier alpha value is -1.64. The first kappa shape index (κ1) is 14.8. The summed E-state index contributed by atoms with van der Waals surface area (Å²) in [6.07, 6.45) is 0.677. The molecule has 0 atom stereocenters. The van der Waals surface area contributed by atoms with Gasteiger partial charge >= 0.3 is 0 Å². The molecular weight excluding hydrogens is 373 g/mol. The highest BCUT2D eigenvalue weighted by molar-refractivity contribution is 14.1. The van der Waals surface area contributed by atoms with Crippen molar-refractivity contribution in [1.82, 2.24) is 15.5 Å². The van der Waals surface area contributed by atoms with Crippen LogP contribution in [0.25, 0.3) is 0 Å². The number of aryl methyl sites for hydroxylation is 1. The van der Waals surface area contributed by atoms with Crippen LogP contribution in [-0.2, 0) is 17.8 Å². The first-order chi connectivity index (χ1) is 9.67. The van der Waals surface area contributed by atoms with E-state index in [0.717, 1.165) is 3.57 Å². The van der Waals surface area contributed by atoms with Gasteiger partial charge in [0.1, 0.15) is 5.75 Å². The topological polar surface area (TPSA) is 77.2 Å². The van der Waals surface area contributed by atoms with E-state index in [0.29, 0.717) is 24.0 Å². The van der Waals surface area contributed by atoms with Gasteiger partial charge in [0, 0.05) is 9.99 Å². The number of ether oxygens (including phenoxy) is 1. The Labute approximate surface area is 130 Å². The summed E-state index contributed by atoms with van der Waals surface area (Å²) in [7, 11) is 0. The molecule has 2 aromatic rings. The molecule has 0 aliphatic rings. The average Bonchev–Trinajstić information content (AvgIpc) is 2.92. The quantitative estimate of drug-likeness (QED) is 0.767. The molecule has 0 spiro atoms. The van der Waals surface area contributed by atoms with Crippen LogP contribution in [0.3, 0.4) is 0 Å². The number of nitrogens with zero attached hydrogens (tertiary/aromatic N) is 2. The van der Waals surface area contributed by atoms with Crippen LogP contribution in [-0.4, -0.2) is 22.7 Å². The second kappa shape index (κ2) is 7.22. The first-order valence-corrected chi connectivity index (χ1v) is 7.21. The molecule has 1 aromatic heterocycles. The molecule has 2 rings (SSSR count). The average molecular weight is 387 g/mol. The monoisotopic (exact) mass is 387 g/mol. The van der Waals surface area contributed by atoms with E-state index in [9.17, 15) is 4.79 Å². The van der Waals surface area contributed by atoms with Gasteiger partial charge in [-0.25, -0.2) is 0 Å². The zero-order chi connectivity index (χ0) is 14.4.